The number of halogens is 2. The van der Waals surface area contributed by atoms with Gasteiger partial charge in [-0.25, -0.2) is 0 Å². The smallest absolute Gasteiger partial charge is 0.0668 e. The van der Waals surface area contributed by atoms with E-state index >= 15 is 0 Å². The number of anilines is 1. The molecular weight excluding hydrogens is 225 g/mol. The molecule has 0 atom stereocenters. The van der Waals surface area contributed by atoms with Crippen molar-refractivity contribution in [2.75, 3.05) is 17.6 Å². The molecule has 4 heteroatoms. The number of rotatable bonds is 0. The average Bonchev–Trinajstić information content (AvgIpc) is 2.28. The first-order valence-electron chi connectivity index (χ1n) is 4.13. The summed E-state index contributed by atoms with van der Waals surface area (Å²) in [6.45, 7) is 0.987. The van der Waals surface area contributed by atoms with Gasteiger partial charge in [-0.15, -0.1) is 11.8 Å². The Morgan fingerprint density at radius 1 is 1.31 bits per heavy atom. The summed E-state index contributed by atoms with van der Waals surface area (Å²) in [7, 11) is 0. The largest absolute Gasteiger partial charge is 0.383 e. The Morgan fingerprint density at radius 3 is 3.00 bits per heavy atom. The molecule has 1 aliphatic rings. The van der Waals surface area contributed by atoms with Gasteiger partial charge in [-0.3, -0.25) is 0 Å². The van der Waals surface area contributed by atoms with E-state index in [1.807, 2.05) is 6.07 Å². The third kappa shape index (κ3) is 2.06. The standard InChI is InChI=1S/C9H9Cl2NS/c10-6-4-7(11)9-8(5-6)13-3-1-2-12-9/h4-5,12H,1-3H2. The minimum absolute atomic E-state index is 0.708. The Bertz CT molecular complexity index is 328. The summed E-state index contributed by atoms with van der Waals surface area (Å²) in [6.07, 6.45) is 1.16. The van der Waals surface area contributed by atoms with Crippen LogP contribution in [0.4, 0.5) is 5.69 Å². The molecule has 0 saturated carbocycles. The number of hydrogen-bond donors (Lipinski definition) is 1. The average molecular weight is 234 g/mol. The quantitative estimate of drug-likeness (QED) is 0.730. The molecule has 1 aromatic carbocycles. The molecule has 0 aromatic heterocycles. The zero-order valence-corrected chi connectivity index (χ0v) is 9.27. The number of nitrogens with one attached hydrogen (secondary N) is 1. The molecule has 0 radical (unpaired) electrons. The number of thioether (sulfide) groups is 1. The fourth-order valence-electron chi connectivity index (χ4n) is 1.30. The maximum atomic E-state index is 6.06. The molecule has 1 aliphatic heterocycles. The van der Waals surface area contributed by atoms with Crippen molar-refractivity contribution in [2.45, 2.75) is 11.3 Å². The minimum Gasteiger partial charge on any atom is -0.383 e. The zero-order chi connectivity index (χ0) is 9.26. The van der Waals surface area contributed by atoms with E-state index in [2.05, 4.69) is 5.32 Å². The van der Waals surface area contributed by atoms with Gasteiger partial charge in [-0.05, 0) is 24.3 Å². The molecule has 0 spiro atoms. The molecule has 0 unspecified atom stereocenters. The molecule has 70 valence electrons. The van der Waals surface area contributed by atoms with Crippen LogP contribution in [0.5, 0.6) is 0 Å². The van der Waals surface area contributed by atoms with E-state index in [0.717, 1.165) is 34.3 Å². The van der Waals surface area contributed by atoms with E-state index in [-0.39, 0.29) is 0 Å². The lowest BCUT2D eigenvalue weighted by atomic mass is 10.3. The van der Waals surface area contributed by atoms with Crippen LogP contribution in [0.2, 0.25) is 10.0 Å². The van der Waals surface area contributed by atoms with Crippen LogP contribution in [0.15, 0.2) is 17.0 Å². The van der Waals surface area contributed by atoms with E-state index in [4.69, 9.17) is 23.2 Å². The summed E-state index contributed by atoms with van der Waals surface area (Å²) < 4.78 is 0. The highest BCUT2D eigenvalue weighted by molar-refractivity contribution is 7.99. The van der Waals surface area contributed by atoms with Crippen molar-refractivity contribution in [3.8, 4) is 0 Å². The van der Waals surface area contributed by atoms with E-state index in [0.29, 0.717) is 5.02 Å². The monoisotopic (exact) mass is 233 g/mol. The van der Waals surface area contributed by atoms with Gasteiger partial charge in [0, 0.05) is 16.5 Å². The van der Waals surface area contributed by atoms with Gasteiger partial charge in [0.2, 0.25) is 0 Å². The SMILES string of the molecule is Clc1cc(Cl)c2c(c1)SCCCN2. The van der Waals surface area contributed by atoms with Crippen LogP contribution in [0.1, 0.15) is 6.42 Å². The molecule has 1 N–H and O–H groups in total. The Labute approximate surface area is 91.8 Å². The van der Waals surface area contributed by atoms with Crippen molar-refractivity contribution in [1.82, 2.24) is 0 Å². The second-order valence-corrected chi connectivity index (χ2v) is 4.87. The third-order valence-electron chi connectivity index (χ3n) is 1.90. The van der Waals surface area contributed by atoms with Gasteiger partial charge >= 0.3 is 0 Å². The molecule has 1 heterocycles. The molecule has 0 saturated heterocycles. The number of benzene rings is 1. The Balaban J connectivity index is 2.47. The summed E-state index contributed by atoms with van der Waals surface area (Å²) >= 11 is 13.8. The Hall–Kier alpha value is -0.0500. The predicted molar refractivity (Wildman–Crippen MR) is 60.3 cm³/mol. The summed E-state index contributed by atoms with van der Waals surface area (Å²) in [5, 5.41) is 4.74. The molecule has 1 nitrogen and oxygen atoms in total. The molecule has 13 heavy (non-hydrogen) atoms. The normalized spacial score (nSPS) is 15.8. The predicted octanol–water partition coefficient (Wildman–Crippen LogP) is 3.90. The fourth-order valence-corrected chi connectivity index (χ4v) is 3.03. The lowest BCUT2D eigenvalue weighted by Crippen LogP contribution is -2.00. The second kappa shape index (κ2) is 3.99. The maximum Gasteiger partial charge on any atom is 0.0668 e. The van der Waals surface area contributed by atoms with E-state index in [9.17, 15) is 0 Å². The van der Waals surface area contributed by atoms with Crippen molar-refractivity contribution in [1.29, 1.82) is 0 Å². The van der Waals surface area contributed by atoms with Crippen molar-refractivity contribution in [3.05, 3.63) is 22.2 Å². The lowest BCUT2D eigenvalue weighted by molar-refractivity contribution is 0.999. The Kier molecular flexibility index (Phi) is 2.92. The van der Waals surface area contributed by atoms with Gasteiger partial charge in [0.25, 0.3) is 0 Å². The van der Waals surface area contributed by atoms with Crippen molar-refractivity contribution in [2.24, 2.45) is 0 Å². The first-order chi connectivity index (χ1) is 6.27. The topological polar surface area (TPSA) is 12.0 Å². The molecule has 1 aromatic rings. The second-order valence-electron chi connectivity index (χ2n) is 2.89. The fraction of sp³-hybridized carbons (Fsp3) is 0.333. The zero-order valence-electron chi connectivity index (χ0n) is 6.94. The maximum absolute atomic E-state index is 6.06. The van der Waals surface area contributed by atoms with Gasteiger partial charge < -0.3 is 5.32 Å². The number of fused-ring (bicyclic) bond motifs is 1. The van der Waals surface area contributed by atoms with Gasteiger partial charge in [-0.1, -0.05) is 23.2 Å². The van der Waals surface area contributed by atoms with Gasteiger partial charge in [0.15, 0.2) is 0 Å². The third-order valence-corrected chi connectivity index (χ3v) is 3.54. The Morgan fingerprint density at radius 2 is 2.15 bits per heavy atom. The highest BCUT2D eigenvalue weighted by atomic mass is 35.5. The summed E-state index contributed by atoms with van der Waals surface area (Å²) in [4.78, 5) is 1.16. The van der Waals surface area contributed by atoms with Crippen LogP contribution in [0, 0.1) is 0 Å². The minimum atomic E-state index is 0.708. The van der Waals surface area contributed by atoms with Crippen LogP contribution in [-0.4, -0.2) is 12.3 Å². The van der Waals surface area contributed by atoms with Gasteiger partial charge in [-0.2, -0.15) is 0 Å². The van der Waals surface area contributed by atoms with E-state index < -0.39 is 0 Å². The highest BCUT2D eigenvalue weighted by Crippen LogP contribution is 2.38. The molecule has 0 bridgehead atoms. The summed E-state index contributed by atoms with van der Waals surface area (Å²) in [6, 6.07) is 3.74. The molecular formula is C9H9Cl2NS. The molecule has 0 amide bonds. The van der Waals surface area contributed by atoms with Crippen molar-refractivity contribution < 1.29 is 0 Å². The molecule has 2 rings (SSSR count). The highest BCUT2D eigenvalue weighted by Gasteiger charge is 2.11. The van der Waals surface area contributed by atoms with Crippen LogP contribution in [0.25, 0.3) is 0 Å². The van der Waals surface area contributed by atoms with Gasteiger partial charge in [0.1, 0.15) is 0 Å². The first-order valence-corrected chi connectivity index (χ1v) is 5.87. The van der Waals surface area contributed by atoms with E-state index in [1.165, 1.54) is 0 Å². The number of hydrogen-bond acceptors (Lipinski definition) is 2. The van der Waals surface area contributed by atoms with Crippen LogP contribution in [0.3, 0.4) is 0 Å². The van der Waals surface area contributed by atoms with Crippen LogP contribution < -0.4 is 5.32 Å². The first kappa shape index (κ1) is 9.50. The summed E-state index contributed by atoms with van der Waals surface area (Å²) in [5.41, 5.74) is 1.04. The van der Waals surface area contributed by atoms with Crippen molar-refractivity contribution in [3.63, 3.8) is 0 Å². The van der Waals surface area contributed by atoms with Crippen LogP contribution >= 0.6 is 35.0 Å². The lowest BCUT2D eigenvalue weighted by Gasteiger charge is -2.09. The van der Waals surface area contributed by atoms with Gasteiger partial charge in [0.05, 0.1) is 10.7 Å². The van der Waals surface area contributed by atoms with E-state index in [1.54, 1.807) is 17.8 Å². The van der Waals surface area contributed by atoms with Crippen molar-refractivity contribution >= 4 is 40.7 Å². The molecule has 0 aliphatic carbocycles. The van der Waals surface area contributed by atoms with Crippen LogP contribution in [-0.2, 0) is 0 Å². The summed E-state index contributed by atoms with van der Waals surface area (Å²) in [5.74, 6) is 1.12. The molecule has 0 fully saturated rings.